The van der Waals surface area contributed by atoms with Gasteiger partial charge < -0.3 is 5.73 Å². The van der Waals surface area contributed by atoms with Gasteiger partial charge in [0.15, 0.2) is 0 Å². The van der Waals surface area contributed by atoms with Crippen LogP contribution < -0.4 is 5.73 Å². The monoisotopic (exact) mass is 289 g/mol. The van der Waals surface area contributed by atoms with Crippen molar-refractivity contribution in [2.24, 2.45) is 5.73 Å². The highest BCUT2D eigenvalue weighted by Gasteiger charge is 2.09. The Morgan fingerprint density at radius 1 is 1.33 bits per heavy atom. The molecule has 3 heteroatoms. The van der Waals surface area contributed by atoms with Gasteiger partial charge in [-0.3, -0.25) is 0 Å². The predicted molar refractivity (Wildman–Crippen MR) is 59.0 cm³/mol. The number of rotatable bonds is 2. The summed E-state index contributed by atoms with van der Waals surface area (Å²) >= 11 is 6.86. The molecule has 2 N–H and O–H groups in total. The summed E-state index contributed by atoms with van der Waals surface area (Å²) in [6.07, 6.45) is 1.71. The number of nitrogens with two attached hydrogens (primary N) is 1. The maximum atomic E-state index is 5.82. The molecule has 0 radical (unpaired) electrons. The number of hydrogen-bond donors (Lipinski definition) is 1. The number of hydrogen-bond acceptors (Lipinski definition) is 1. The Balaban J connectivity index is 3.20. The molecule has 1 aromatic rings. The molecule has 1 rings (SSSR count). The van der Waals surface area contributed by atoms with Gasteiger partial charge in [-0.2, -0.15) is 0 Å². The molecule has 0 heterocycles. The third-order valence-corrected chi connectivity index (χ3v) is 2.97. The molecule has 0 aliphatic heterocycles. The Hall–Kier alpha value is -0.120. The lowest BCUT2D eigenvalue weighted by Gasteiger charge is -2.10. The first-order valence-electron chi connectivity index (χ1n) is 3.49. The van der Waals surface area contributed by atoms with Crippen molar-refractivity contribution in [2.45, 2.75) is 6.04 Å². The Morgan fingerprint density at radius 3 is 2.25 bits per heavy atom. The average Bonchev–Trinajstić information content (AvgIpc) is 2.03. The topological polar surface area (TPSA) is 26.0 Å². The van der Waals surface area contributed by atoms with Crippen molar-refractivity contribution in [3.8, 4) is 0 Å². The molecule has 0 saturated heterocycles. The summed E-state index contributed by atoms with van der Waals surface area (Å²) in [5.74, 6) is 0. The van der Waals surface area contributed by atoms with Crippen molar-refractivity contribution in [2.75, 3.05) is 0 Å². The molecule has 0 aliphatic rings. The predicted octanol–water partition coefficient (Wildman–Crippen LogP) is 3.40. The lowest BCUT2D eigenvalue weighted by molar-refractivity contribution is 0.901. The Bertz CT molecular complexity index is 276. The largest absolute Gasteiger partial charge is 0.321 e. The second kappa shape index (κ2) is 4.21. The standard InChI is InChI=1S/C9H9Br2N/c1-2-8(12)9-6(10)4-3-5-7(9)11/h2-5,8H,1,12H2/t8-/m0/s1. The van der Waals surface area contributed by atoms with Gasteiger partial charge in [0.2, 0.25) is 0 Å². The lowest BCUT2D eigenvalue weighted by atomic mass is 10.1. The summed E-state index contributed by atoms with van der Waals surface area (Å²) in [6, 6.07) is 5.75. The second-order valence-corrected chi connectivity index (χ2v) is 4.11. The highest BCUT2D eigenvalue weighted by molar-refractivity contribution is 9.11. The first kappa shape index (κ1) is 9.96. The third-order valence-electron chi connectivity index (χ3n) is 1.59. The van der Waals surface area contributed by atoms with E-state index in [0.717, 1.165) is 14.5 Å². The fourth-order valence-electron chi connectivity index (χ4n) is 0.947. The highest BCUT2D eigenvalue weighted by Crippen LogP contribution is 2.29. The van der Waals surface area contributed by atoms with E-state index in [-0.39, 0.29) is 6.04 Å². The summed E-state index contributed by atoms with van der Waals surface area (Å²) in [5.41, 5.74) is 6.85. The molecule has 1 nitrogen and oxygen atoms in total. The van der Waals surface area contributed by atoms with Crippen molar-refractivity contribution in [1.82, 2.24) is 0 Å². The van der Waals surface area contributed by atoms with E-state index in [1.807, 2.05) is 18.2 Å². The molecular weight excluding hydrogens is 282 g/mol. The molecule has 1 atom stereocenters. The van der Waals surface area contributed by atoms with E-state index in [4.69, 9.17) is 5.73 Å². The van der Waals surface area contributed by atoms with Crippen LogP contribution in [0.2, 0.25) is 0 Å². The molecule has 0 bridgehead atoms. The smallest absolute Gasteiger partial charge is 0.0501 e. The van der Waals surface area contributed by atoms with Crippen molar-refractivity contribution < 1.29 is 0 Å². The number of halogens is 2. The summed E-state index contributed by atoms with van der Waals surface area (Å²) in [4.78, 5) is 0. The molecular formula is C9H9Br2N. The molecule has 12 heavy (non-hydrogen) atoms. The minimum atomic E-state index is -0.130. The zero-order valence-corrected chi connectivity index (χ0v) is 9.60. The zero-order chi connectivity index (χ0) is 9.14. The average molecular weight is 291 g/mol. The van der Waals surface area contributed by atoms with Gasteiger partial charge in [-0.1, -0.05) is 44.0 Å². The molecule has 64 valence electrons. The maximum absolute atomic E-state index is 5.82. The molecule has 1 aromatic carbocycles. The fourth-order valence-corrected chi connectivity index (χ4v) is 2.47. The Morgan fingerprint density at radius 2 is 1.83 bits per heavy atom. The van der Waals surface area contributed by atoms with Gasteiger partial charge in [0, 0.05) is 14.5 Å². The summed E-state index contributed by atoms with van der Waals surface area (Å²) in [6.45, 7) is 3.65. The van der Waals surface area contributed by atoms with Gasteiger partial charge in [-0.15, -0.1) is 6.58 Å². The van der Waals surface area contributed by atoms with Gasteiger partial charge in [0.25, 0.3) is 0 Å². The van der Waals surface area contributed by atoms with Crippen molar-refractivity contribution in [1.29, 1.82) is 0 Å². The van der Waals surface area contributed by atoms with Gasteiger partial charge in [0.1, 0.15) is 0 Å². The molecule has 0 unspecified atom stereocenters. The SMILES string of the molecule is C=C[C@H](N)c1c(Br)cccc1Br. The molecule has 0 fully saturated rings. The van der Waals surface area contributed by atoms with Gasteiger partial charge in [-0.05, 0) is 12.1 Å². The quantitative estimate of drug-likeness (QED) is 0.830. The van der Waals surface area contributed by atoms with Gasteiger partial charge in [0.05, 0.1) is 6.04 Å². The van der Waals surface area contributed by atoms with Crippen LogP contribution in [0.5, 0.6) is 0 Å². The normalized spacial score (nSPS) is 12.6. The minimum absolute atomic E-state index is 0.130. The van der Waals surface area contributed by atoms with E-state index < -0.39 is 0 Å². The first-order valence-corrected chi connectivity index (χ1v) is 5.07. The van der Waals surface area contributed by atoms with Crippen LogP contribution in [0.15, 0.2) is 39.8 Å². The fraction of sp³-hybridized carbons (Fsp3) is 0.111. The van der Waals surface area contributed by atoms with E-state index >= 15 is 0 Å². The number of benzene rings is 1. The summed E-state index contributed by atoms with van der Waals surface area (Å²) in [5, 5.41) is 0. The second-order valence-electron chi connectivity index (χ2n) is 2.40. The van der Waals surface area contributed by atoms with Crippen LogP contribution in [0.3, 0.4) is 0 Å². The highest BCUT2D eigenvalue weighted by atomic mass is 79.9. The third kappa shape index (κ3) is 1.97. The molecule has 0 saturated carbocycles. The van der Waals surface area contributed by atoms with Crippen LogP contribution in [-0.2, 0) is 0 Å². The van der Waals surface area contributed by atoms with Crippen LogP contribution in [-0.4, -0.2) is 0 Å². The van der Waals surface area contributed by atoms with Crippen molar-refractivity contribution in [3.05, 3.63) is 45.4 Å². The Kier molecular flexibility index (Phi) is 3.50. The first-order chi connectivity index (χ1) is 5.66. The van der Waals surface area contributed by atoms with Crippen LogP contribution in [0.1, 0.15) is 11.6 Å². The van der Waals surface area contributed by atoms with Crippen LogP contribution in [0, 0.1) is 0 Å². The van der Waals surface area contributed by atoms with E-state index in [1.54, 1.807) is 6.08 Å². The minimum Gasteiger partial charge on any atom is -0.321 e. The van der Waals surface area contributed by atoms with Crippen LogP contribution in [0.4, 0.5) is 0 Å². The van der Waals surface area contributed by atoms with E-state index in [1.165, 1.54) is 0 Å². The van der Waals surface area contributed by atoms with Gasteiger partial charge >= 0.3 is 0 Å². The van der Waals surface area contributed by atoms with Crippen LogP contribution >= 0.6 is 31.9 Å². The van der Waals surface area contributed by atoms with E-state index in [0.29, 0.717) is 0 Å². The van der Waals surface area contributed by atoms with Crippen molar-refractivity contribution >= 4 is 31.9 Å². The summed E-state index contributed by atoms with van der Waals surface area (Å²) in [7, 11) is 0. The molecule has 0 aliphatic carbocycles. The molecule has 0 amide bonds. The van der Waals surface area contributed by atoms with E-state index in [2.05, 4.69) is 38.4 Å². The summed E-state index contributed by atoms with van der Waals surface area (Å²) < 4.78 is 2.01. The molecule has 0 aromatic heterocycles. The Labute approximate surface area is 88.9 Å². The van der Waals surface area contributed by atoms with E-state index in [9.17, 15) is 0 Å². The zero-order valence-electron chi connectivity index (χ0n) is 6.43. The lowest BCUT2D eigenvalue weighted by Crippen LogP contribution is -2.07. The van der Waals surface area contributed by atoms with Crippen LogP contribution in [0.25, 0.3) is 0 Å². The van der Waals surface area contributed by atoms with Gasteiger partial charge in [-0.25, -0.2) is 0 Å². The maximum Gasteiger partial charge on any atom is 0.0501 e. The molecule has 0 spiro atoms. The van der Waals surface area contributed by atoms with Crippen molar-refractivity contribution in [3.63, 3.8) is 0 Å².